The van der Waals surface area contributed by atoms with Crippen LogP contribution in [0.2, 0.25) is 0 Å². The van der Waals surface area contributed by atoms with Gasteiger partial charge in [-0.2, -0.15) is 4.98 Å². The number of morpholine rings is 1. The van der Waals surface area contributed by atoms with Crippen LogP contribution in [0.15, 0.2) is 29.4 Å². The van der Waals surface area contributed by atoms with Gasteiger partial charge in [0.25, 0.3) is 5.78 Å². The monoisotopic (exact) mass is 458 g/mol. The fraction of sp³-hybridized carbons (Fsp3) is 0.455. The van der Waals surface area contributed by atoms with Gasteiger partial charge in [-0.25, -0.2) is 13.9 Å². The topological polar surface area (TPSA) is 84.7 Å². The zero-order chi connectivity index (χ0) is 22.7. The predicted molar refractivity (Wildman–Crippen MR) is 120 cm³/mol. The number of nitrogens with zero attached hydrogens (tertiary/aromatic N) is 5. The molecule has 1 unspecified atom stereocenters. The van der Waals surface area contributed by atoms with Crippen molar-refractivity contribution in [2.75, 3.05) is 39.1 Å². The Morgan fingerprint density at radius 2 is 1.94 bits per heavy atom. The molecule has 0 radical (unpaired) electrons. The van der Waals surface area contributed by atoms with Crippen molar-refractivity contribution in [1.82, 2.24) is 29.8 Å². The second kappa shape index (κ2) is 9.93. The predicted octanol–water partition coefficient (Wildman–Crippen LogP) is 2.33. The Bertz CT molecular complexity index is 1100. The van der Waals surface area contributed by atoms with Gasteiger partial charge in [0.15, 0.2) is 0 Å². The molecule has 10 heteroatoms. The average Bonchev–Trinajstić information content (AvgIpc) is 3.22. The zero-order valence-electron chi connectivity index (χ0n) is 18.5. The normalized spacial score (nSPS) is 15.8. The van der Waals surface area contributed by atoms with Crippen molar-refractivity contribution >= 4 is 23.4 Å². The van der Waals surface area contributed by atoms with Crippen molar-refractivity contribution in [3.8, 4) is 0 Å². The van der Waals surface area contributed by atoms with Crippen LogP contribution < -0.4 is 5.32 Å². The Balaban J connectivity index is 1.49. The maximum atomic E-state index is 13.4. The number of hydrogen-bond donors (Lipinski definition) is 1. The van der Waals surface area contributed by atoms with Crippen LogP contribution in [0.4, 0.5) is 4.39 Å². The molecule has 0 saturated carbocycles. The highest BCUT2D eigenvalue weighted by Crippen LogP contribution is 2.22. The van der Waals surface area contributed by atoms with Gasteiger partial charge < -0.3 is 10.1 Å². The van der Waals surface area contributed by atoms with Crippen LogP contribution in [-0.4, -0.2) is 69.5 Å². The van der Waals surface area contributed by atoms with E-state index in [4.69, 9.17) is 4.74 Å². The summed E-state index contributed by atoms with van der Waals surface area (Å²) in [5, 5.41) is 8.16. The van der Waals surface area contributed by atoms with Crippen LogP contribution in [0, 0.1) is 19.7 Å². The van der Waals surface area contributed by atoms with Crippen LogP contribution in [0.1, 0.15) is 28.6 Å². The highest BCUT2D eigenvalue weighted by atomic mass is 32.2. The number of benzene rings is 1. The van der Waals surface area contributed by atoms with Crippen molar-refractivity contribution in [1.29, 1.82) is 0 Å². The van der Waals surface area contributed by atoms with Crippen molar-refractivity contribution in [3.05, 3.63) is 52.6 Å². The maximum absolute atomic E-state index is 13.4. The largest absolute Gasteiger partial charge is 0.379 e. The minimum atomic E-state index is -0.273. The molecule has 1 amide bonds. The number of aromatic nitrogens is 4. The van der Waals surface area contributed by atoms with Gasteiger partial charge in [0.2, 0.25) is 11.1 Å². The summed E-state index contributed by atoms with van der Waals surface area (Å²) in [4.78, 5) is 24.1. The lowest BCUT2D eigenvalue weighted by molar-refractivity contribution is -0.120. The van der Waals surface area contributed by atoms with Crippen molar-refractivity contribution in [2.45, 2.75) is 31.5 Å². The SMILES string of the molecule is CSc1nc2nc(C)c(CC(=O)NCC(c3ccc(F)cc3)N3CCOCC3)c(C)n2n1. The Hall–Kier alpha value is -2.56. The molecular formula is C22H27FN6O2S. The van der Waals surface area contributed by atoms with Gasteiger partial charge in [-0.3, -0.25) is 9.69 Å². The molecule has 1 aliphatic rings. The number of halogens is 1. The highest BCUT2D eigenvalue weighted by Gasteiger charge is 2.24. The summed E-state index contributed by atoms with van der Waals surface area (Å²) in [6.07, 6.45) is 2.12. The van der Waals surface area contributed by atoms with E-state index in [1.807, 2.05) is 20.1 Å². The van der Waals surface area contributed by atoms with E-state index < -0.39 is 0 Å². The van der Waals surface area contributed by atoms with E-state index in [1.165, 1.54) is 23.9 Å². The number of rotatable bonds is 7. The molecule has 0 spiro atoms. The lowest BCUT2D eigenvalue weighted by atomic mass is 10.0. The molecule has 1 aromatic carbocycles. The summed E-state index contributed by atoms with van der Waals surface area (Å²) < 4.78 is 20.6. The Kier molecular flexibility index (Phi) is 7.02. The Morgan fingerprint density at radius 3 is 2.62 bits per heavy atom. The van der Waals surface area contributed by atoms with E-state index in [1.54, 1.807) is 16.6 Å². The standard InChI is InChI=1S/C22H27FN6O2S/c1-14-18(15(2)29-21(25-14)26-22(27-29)32-3)12-20(30)24-13-19(28-8-10-31-11-9-28)16-4-6-17(23)7-5-16/h4-7,19H,8-13H2,1-3H3,(H,24,30). The molecular weight excluding hydrogens is 431 g/mol. The van der Waals surface area contributed by atoms with Crippen molar-refractivity contribution in [3.63, 3.8) is 0 Å². The van der Waals surface area contributed by atoms with Gasteiger partial charge in [-0.05, 0) is 37.8 Å². The molecule has 4 rings (SSSR count). The number of ether oxygens (including phenoxy) is 1. The van der Waals surface area contributed by atoms with Crippen molar-refractivity contribution < 1.29 is 13.9 Å². The molecule has 170 valence electrons. The number of amides is 1. The lowest BCUT2D eigenvalue weighted by Gasteiger charge is -2.35. The number of carbonyl (C=O) groups is 1. The molecule has 1 atom stereocenters. The summed E-state index contributed by atoms with van der Waals surface area (Å²) in [6.45, 7) is 7.06. The minimum absolute atomic E-state index is 0.0503. The van der Waals surface area contributed by atoms with Gasteiger partial charge in [0.05, 0.1) is 25.7 Å². The number of thioether (sulfide) groups is 1. The molecule has 1 saturated heterocycles. The summed E-state index contributed by atoms with van der Waals surface area (Å²) in [6, 6.07) is 6.42. The van der Waals surface area contributed by atoms with E-state index in [0.717, 1.165) is 35.6 Å². The second-order valence-corrected chi connectivity index (χ2v) is 8.54. The molecule has 1 fully saturated rings. The quantitative estimate of drug-likeness (QED) is 0.544. The first-order valence-electron chi connectivity index (χ1n) is 10.6. The van der Waals surface area contributed by atoms with Gasteiger partial charge in [0, 0.05) is 36.6 Å². The van der Waals surface area contributed by atoms with Gasteiger partial charge in [-0.1, -0.05) is 23.9 Å². The third-order valence-electron chi connectivity index (χ3n) is 5.78. The first-order chi connectivity index (χ1) is 15.5. The molecule has 2 aromatic heterocycles. The molecule has 3 aromatic rings. The van der Waals surface area contributed by atoms with E-state index in [9.17, 15) is 9.18 Å². The van der Waals surface area contributed by atoms with Crippen LogP contribution in [0.3, 0.4) is 0 Å². The zero-order valence-corrected chi connectivity index (χ0v) is 19.3. The lowest BCUT2D eigenvalue weighted by Crippen LogP contribution is -2.44. The van der Waals surface area contributed by atoms with Crippen molar-refractivity contribution in [2.24, 2.45) is 0 Å². The van der Waals surface area contributed by atoms with E-state index in [-0.39, 0.29) is 24.2 Å². The van der Waals surface area contributed by atoms with Gasteiger partial charge in [0.1, 0.15) is 5.82 Å². The average molecular weight is 459 g/mol. The first kappa shape index (κ1) is 22.6. The fourth-order valence-electron chi connectivity index (χ4n) is 4.00. The number of hydrogen-bond acceptors (Lipinski definition) is 7. The van der Waals surface area contributed by atoms with Gasteiger partial charge in [-0.15, -0.1) is 5.10 Å². The second-order valence-electron chi connectivity index (χ2n) is 7.77. The number of aryl methyl sites for hydroxylation is 2. The van der Waals surface area contributed by atoms with Crippen LogP contribution >= 0.6 is 11.8 Å². The minimum Gasteiger partial charge on any atom is -0.379 e. The maximum Gasteiger partial charge on any atom is 0.253 e. The van der Waals surface area contributed by atoms with Crippen LogP contribution in [-0.2, 0) is 16.0 Å². The molecule has 3 heterocycles. The third kappa shape index (κ3) is 4.92. The Morgan fingerprint density at radius 1 is 1.22 bits per heavy atom. The number of fused-ring (bicyclic) bond motifs is 1. The molecule has 32 heavy (non-hydrogen) atoms. The molecule has 1 aliphatic heterocycles. The van der Waals surface area contributed by atoms with Gasteiger partial charge >= 0.3 is 0 Å². The summed E-state index contributed by atoms with van der Waals surface area (Å²) >= 11 is 1.45. The smallest absolute Gasteiger partial charge is 0.253 e. The first-order valence-corrected chi connectivity index (χ1v) is 11.8. The summed E-state index contributed by atoms with van der Waals surface area (Å²) in [5.41, 5.74) is 3.45. The highest BCUT2D eigenvalue weighted by molar-refractivity contribution is 7.98. The molecule has 1 N–H and O–H groups in total. The Labute approximate surface area is 190 Å². The van der Waals surface area contributed by atoms with E-state index in [0.29, 0.717) is 30.7 Å². The number of carbonyl (C=O) groups excluding carboxylic acids is 1. The van der Waals surface area contributed by atoms with Crippen LogP contribution in [0.5, 0.6) is 0 Å². The van der Waals surface area contributed by atoms with E-state index >= 15 is 0 Å². The third-order valence-corrected chi connectivity index (χ3v) is 6.32. The molecule has 0 bridgehead atoms. The van der Waals surface area contributed by atoms with Crippen LogP contribution in [0.25, 0.3) is 5.78 Å². The molecule has 8 nitrogen and oxygen atoms in total. The summed E-state index contributed by atoms with van der Waals surface area (Å²) in [5.74, 6) is 0.172. The van der Waals surface area contributed by atoms with E-state index in [2.05, 4.69) is 25.3 Å². The molecule has 0 aliphatic carbocycles. The summed E-state index contributed by atoms with van der Waals surface area (Å²) in [7, 11) is 0. The number of nitrogens with one attached hydrogen (secondary N) is 1. The fourth-order valence-corrected chi connectivity index (χ4v) is 4.33.